The zero-order chi connectivity index (χ0) is 15.6. The number of H-pyrrole nitrogens is 1. The highest BCUT2D eigenvalue weighted by molar-refractivity contribution is 7.89. The van der Waals surface area contributed by atoms with Gasteiger partial charge in [0.05, 0.1) is 22.7 Å². The number of sulfonamides is 1. The number of carboxylic acid groups (broad SMARTS) is 1. The van der Waals surface area contributed by atoms with Gasteiger partial charge in [-0.15, -0.1) is 0 Å². The molecule has 0 spiro atoms. The number of aromatic carboxylic acids is 1. The topological polar surface area (TPSA) is 112 Å². The number of nitrogens with zero attached hydrogens (tertiary/aromatic N) is 1. The van der Waals surface area contributed by atoms with E-state index in [2.05, 4.69) is 14.9 Å². The van der Waals surface area contributed by atoms with Gasteiger partial charge in [0.25, 0.3) is 0 Å². The van der Waals surface area contributed by atoms with Crippen LogP contribution in [0.3, 0.4) is 0 Å². The molecule has 0 bridgehead atoms. The highest BCUT2D eigenvalue weighted by Crippen LogP contribution is 2.21. The molecular formula is C13H15N3O4S. The van der Waals surface area contributed by atoms with Gasteiger partial charge in [-0.05, 0) is 43.2 Å². The molecule has 8 heteroatoms. The second kappa shape index (κ2) is 5.66. The predicted octanol–water partition coefficient (Wildman–Crippen LogP) is 1.20. The number of aryl methyl sites for hydroxylation is 1. The molecule has 0 fully saturated rings. The largest absolute Gasteiger partial charge is 0.478 e. The van der Waals surface area contributed by atoms with E-state index in [1.807, 2.05) is 0 Å². The van der Waals surface area contributed by atoms with Crippen LogP contribution in [0, 0.1) is 13.8 Å². The van der Waals surface area contributed by atoms with Crippen molar-refractivity contribution in [1.82, 2.24) is 14.9 Å². The number of benzene rings is 1. The molecule has 0 atom stereocenters. The third kappa shape index (κ3) is 3.29. The summed E-state index contributed by atoms with van der Waals surface area (Å²) >= 11 is 0. The van der Waals surface area contributed by atoms with E-state index in [0.717, 1.165) is 0 Å². The maximum atomic E-state index is 12.3. The molecule has 3 N–H and O–H groups in total. The van der Waals surface area contributed by atoms with Crippen molar-refractivity contribution < 1.29 is 18.3 Å². The fourth-order valence-electron chi connectivity index (χ4n) is 1.86. The van der Waals surface area contributed by atoms with Crippen LogP contribution < -0.4 is 4.72 Å². The summed E-state index contributed by atoms with van der Waals surface area (Å²) in [5, 5.41) is 15.4. The summed E-state index contributed by atoms with van der Waals surface area (Å²) in [5.41, 5.74) is 1.69. The van der Waals surface area contributed by atoms with Crippen molar-refractivity contribution in [2.75, 3.05) is 0 Å². The van der Waals surface area contributed by atoms with Gasteiger partial charge in [-0.25, -0.2) is 17.9 Å². The molecule has 1 heterocycles. The summed E-state index contributed by atoms with van der Waals surface area (Å²) in [6.45, 7) is 3.37. The third-order valence-corrected chi connectivity index (χ3v) is 4.69. The van der Waals surface area contributed by atoms with Gasteiger partial charge < -0.3 is 5.11 Å². The van der Waals surface area contributed by atoms with Crippen molar-refractivity contribution in [3.63, 3.8) is 0 Å². The second-order valence-electron chi connectivity index (χ2n) is 4.63. The first-order valence-corrected chi connectivity index (χ1v) is 7.62. The molecule has 0 saturated heterocycles. The van der Waals surface area contributed by atoms with Gasteiger partial charge in [-0.2, -0.15) is 5.10 Å². The Bertz CT molecular complexity index is 767. The molecule has 2 aromatic rings. The van der Waals surface area contributed by atoms with Gasteiger partial charge in [0.15, 0.2) is 0 Å². The Hall–Kier alpha value is -2.19. The number of aromatic amines is 1. The maximum Gasteiger partial charge on any atom is 0.335 e. The maximum absolute atomic E-state index is 12.3. The SMILES string of the molecule is Cc1cc(C(=O)O)cc(S(=O)(=O)NCc2ccn[nH]2)c1C. The molecule has 0 unspecified atom stereocenters. The molecule has 1 aromatic carbocycles. The van der Waals surface area contributed by atoms with Gasteiger partial charge in [0, 0.05) is 6.20 Å². The van der Waals surface area contributed by atoms with Gasteiger partial charge in [0.1, 0.15) is 0 Å². The van der Waals surface area contributed by atoms with Crippen LogP contribution in [-0.4, -0.2) is 29.7 Å². The Kier molecular flexibility index (Phi) is 4.10. The Morgan fingerprint density at radius 2 is 2.10 bits per heavy atom. The van der Waals surface area contributed by atoms with Gasteiger partial charge in [0.2, 0.25) is 10.0 Å². The van der Waals surface area contributed by atoms with Crippen molar-refractivity contribution in [3.8, 4) is 0 Å². The van der Waals surface area contributed by atoms with Crippen LogP contribution in [0.5, 0.6) is 0 Å². The standard InChI is InChI=1S/C13H15N3O4S/c1-8-5-10(13(17)18)6-12(9(8)2)21(19,20)15-7-11-3-4-14-16-11/h3-6,15H,7H2,1-2H3,(H,14,16)(H,17,18). The smallest absolute Gasteiger partial charge is 0.335 e. The zero-order valence-corrected chi connectivity index (χ0v) is 12.4. The second-order valence-corrected chi connectivity index (χ2v) is 6.36. The fraction of sp³-hybridized carbons (Fsp3) is 0.231. The van der Waals surface area contributed by atoms with E-state index < -0.39 is 16.0 Å². The average Bonchev–Trinajstić information content (AvgIpc) is 2.92. The van der Waals surface area contributed by atoms with Crippen LogP contribution in [0.2, 0.25) is 0 Å². The van der Waals surface area contributed by atoms with Crippen LogP contribution in [-0.2, 0) is 16.6 Å². The van der Waals surface area contributed by atoms with Crippen LogP contribution in [0.4, 0.5) is 0 Å². The van der Waals surface area contributed by atoms with Crippen LogP contribution >= 0.6 is 0 Å². The van der Waals surface area contributed by atoms with Crippen LogP contribution in [0.15, 0.2) is 29.3 Å². The molecule has 0 aliphatic carbocycles. The number of carboxylic acids is 1. The first kappa shape index (κ1) is 15.2. The first-order valence-electron chi connectivity index (χ1n) is 6.13. The lowest BCUT2D eigenvalue weighted by molar-refractivity contribution is 0.0696. The number of hydrogen-bond donors (Lipinski definition) is 3. The highest BCUT2D eigenvalue weighted by Gasteiger charge is 2.20. The van der Waals surface area contributed by atoms with Crippen molar-refractivity contribution in [2.45, 2.75) is 25.3 Å². The van der Waals surface area contributed by atoms with Crippen LogP contribution in [0.1, 0.15) is 27.2 Å². The molecule has 1 aromatic heterocycles. The van der Waals surface area contributed by atoms with Gasteiger partial charge >= 0.3 is 5.97 Å². The predicted molar refractivity (Wildman–Crippen MR) is 75.5 cm³/mol. The van der Waals surface area contributed by atoms with E-state index in [0.29, 0.717) is 16.8 Å². The van der Waals surface area contributed by atoms with Crippen molar-refractivity contribution in [1.29, 1.82) is 0 Å². The number of hydrogen-bond acceptors (Lipinski definition) is 4. The molecule has 0 saturated carbocycles. The molecule has 112 valence electrons. The van der Waals surface area contributed by atoms with E-state index >= 15 is 0 Å². The van der Waals surface area contributed by atoms with Crippen molar-refractivity contribution >= 4 is 16.0 Å². The quantitative estimate of drug-likeness (QED) is 0.768. The number of nitrogens with one attached hydrogen (secondary N) is 2. The van der Waals surface area contributed by atoms with E-state index in [9.17, 15) is 13.2 Å². The summed E-state index contributed by atoms with van der Waals surface area (Å²) in [6.07, 6.45) is 1.52. The Balaban J connectivity index is 2.37. The summed E-state index contributed by atoms with van der Waals surface area (Å²) in [4.78, 5) is 11.0. The fourth-order valence-corrected chi connectivity index (χ4v) is 3.21. The lowest BCUT2D eigenvalue weighted by atomic mass is 10.1. The molecule has 21 heavy (non-hydrogen) atoms. The van der Waals surface area contributed by atoms with Crippen LogP contribution in [0.25, 0.3) is 0 Å². The molecule has 0 aliphatic heterocycles. The number of rotatable bonds is 5. The summed E-state index contributed by atoms with van der Waals surface area (Å²) in [7, 11) is -3.81. The van der Waals surface area contributed by atoms with E-state index in [1.165, 1.54) is 18.3 Å². The minimum atomic E-state index is -3.81. The summed E-state index contributed by atoms with van der Waals surface area (Å²) < 4.78 is 27.1. The highest BCUT2D eigenvalue weighted by atomic mass is 32.2. The molecule has 0 radical (unpaired) electrons. The molecule has 7 nitrogen and oxygen atoms in total. The Labute approximate surface area is 122 Å². The minimum Gasteiger partial charge on any atom is -0.478 e. The lowest BCUT2D eigenvalue weighted by Crippen LogP contribution is -2.24. The van der Waals surface area contributed by atoms with E-state index in [4.69, 9.17) is 5.11 Å². The van der Waals surface area contributed by atoms with Gasteiger partial charge in [-0.1, -0.05) is 0 Å². The summed E-state index contributed by atoms with van der Waals surface area (Å²) in [5.74, 6) is -1.16. The first-order chi connectivity index (χ1) is 9.81. The molecule has 2 rings (SSSR count). The molecular weight excluding hydrogens is 294 g/mol. The Morgan fingerprint density at radius 1 is 1.38 bits per heavy atom. The lowest BCUT2D eigenvalue weighted by Gasteiger charge is -2.12. The molecule has 0 amide bonds. The normalized spacial score (nSPS) is 11.5. The van der Waals surface area contributed by atoms with E-state index in [-0.39, 0.29) is 17.0 Å². The van der Waals surface area contributed by atoms with E-state index in [1.54, 1.807) is 19.9 Å². The van der Waals surface area contributed by atoms with Crippen molar-refractivity contribution in [3.05, 3.63) is 46.8 Å². The minimum absolute atomic E-state index is 0.0283. The third-order valence-electron chi connectivity index (χ3n) is 3.17. The monoisotopic (exact) mass is 309 g/mol. The van der Waals surface area contributed by atoms with Crippen molar-refractivity contribution in [2.24, 2.45) is 0 Å². The number of carbonyl (C=O) groups is 1. The Morgan fingerprint density at radius 3 is 2.67 bits per heavy atom. The van der Waals surface area contributed by atoms with Gasteiger partial charge in [-0.3, -0.25) is 5.10 Å². The average molecular weight is 309 g/mol. The zero-order valence-electron chi connectivity index (χ0n) is 11.5. The molecule has 0 aliphatic rings. The summed E-state index contributed by atoms with van der Waals surface area (Å²) in [6, 6.07) is 4.26. The number of aromatic nitrogens is 2.